The van der Waals surface area contributed by atoms with Crippen LogP contribution in [0.25, 0.3) is 0 Å². The van der Waals surface area contributed by atoms with Crippen LogP contribution >= 0.6 is 0 Å². The SMILES string of the molecule is CCCC[C@@H](C)C(=O)/C=C/C12C=CCC1CC(O)C2. The summed E-state index contributed by atoms with van der Waals surface area (Å²) >= 11 is 0. The van der Waals surface area contributed by atoms with Crippen LogP contribution in [0.2, 0.25) is 0 Å². The van der Waals surface area contributed by atoms with E-state index in [-0.39, 0.29) is 23.2 Å². The Morgan fingerprint density at radius 2 is 2.37 bits per heavy atom. The molecule has 0 saturated heterocycles. The van der Waals surface area contributed by atoms with Gasteiger partial charge in [-0.2, -0.15) is 0 Å². The van der Waals surface area contributed by atoms with Crippen LogP contribution in [0.4, 0.5) is 0 Å². The number of aliphatic hydroxyl groups excluding tert-OH is 1. The predicted octanol–water partition coefficient (Wildman–Crippen LogP) is 3.66. The molecular formula is C17H26O2. The molecule has 0 bridgehead atoms. The first kappa shape index (κ1) is 14.5. The van der Waals surface area contributed by atoms with E-state index in [1.54, 1.807) is 6.08 Å². The van der Waals surface area contributed by atoms with Crippen molar-refractivity contribution in [3.05, 3.63) is 24.3 Å². The number of hydrogen-bond acceptors (Lipinski definition) is 2. The van der Waals surface area contributed by atoms with Gasteiger partial charge < -0.3 is 5.11 Å². The summed E-state index contributed by atoms with van der Waals surface area (Å²) in [5, 5.41) is 9.84. The van der Waals surface area contributed by atoms with Crippen molar-refractivity contribution in [3.63, 3.8) is 0 Å². The Hall–Kier alpha value is -0.890. The molecule has 2 rings (SSSR count). The van der Waals surface area contributed by atoms with Crippen LogP contribution in [0.5, 0.6) is 0 Å². The number of ketones is 1. The lowest BCUT2D eigenvalue weighted by atomic mass is 9.80. The van der Waals surface area contributed by atoms with Crippen molar-refractivity contribution in [3.8, 4) is 0 Å². The molecule has 19 heavy (non-hydrogen) atoms. The Bertz CT molecular complexity index is 383. The van der Waals surface area contributed by atoms with E-state index in [1.807, 2.05) is 6.92 Å². The number of hydrogen-bond donors (Lipinski definition) is 1. The predicted molar refractivity (Wildman–Crippen MR) is 77.8 cm³/mol. The van der Waals surface area contributed by atoms with Crippen LogP contribution in [0, 0.1) is 17.3 Å². The minimum absolute atomic E-state index is 0.0421. The van der Waals surface area contributed by atoms with Crippen molar-refractivity contribution >= 4 is 5.78 Å². The lowest BCUT2D eigenvalue weighted by Crippen LogP contribution is -2.18. The third kappa shape index (κ3) is 3.17. The molecule has 1 N–H and O–H groups in total. The van der Waals surface area contributed by atoms with E-state index in [2.05, 4.69) is 25.2 Å². The van der Waals surface area contributed by atoms with Gasteiger partial charge in [0.05, 0.1) is 6.10 Å². The molecule has 1 saturated carbocycles. The first-order chi connectivity index (χ1) is 9.07. The number of allylic oxidation sites excluding steroid dienone is 4. The van der Waals surface area contributed by atoms with Crippen molar-refractivity contribution in [1.82, 2.24) is 0 Å². The largest absolute Gasteiger partial charge is 0.393 e. The van der Waals surface area contributed by atoms with Crippen molar-refractivity contribution in [2.45, 2.75) is 58.5 Å². The number of unbranched alkanes of at least 4 members (excludes halogenated alkanes) is 1. The molecule has 1 fully saturated rings. The molecule has 2 nitrogen and oxygen atoms in total. The highest BCUT2D eigenvalue weighted by atomic mass is 16.3. The van der Waals surface area contributed by atoms with Gasteiger partial charge in [0.2, 0.25) is 0 Å². The Labute approximate surface area is 116 Å². The van der Waals surface area contributed by atoms with E-state index >= 15 is 0 Å². The smallest absolute Gasteiger partial charge is 0.158 e. The van der Waals surface area contributed by atoms with Gasteiger partial charge in [-0.25, -0.2) is 0 Å². The normalized spacial score (nSPS) is 34.9. The van der Waals surface area contributed by atoms with Gasteiger partial charge in [0.1, 0.15) is 0 Å². The van der Waals surface area contributed by atoms with Gasteiger partial charge in [-0.05, 0) is 37.7 Å². The highest BCUT2D eigenvalue weighted by molar-refractivity contribution is 5.91. The van der Waals surface area contributed by atoms with E-state index in [0.717, 1.165) is 38.5 Å². The number of fused-ring (bicyclic) bond motifs is 1. The second kappa shape index (κ2) is 6.04. The van der Waals surface area contributed by atoms with Crippen LogP contribution in [-0.4, -0.2) is 17.0 Å². The fraction of sp³-hybridized carbons (Fsp3) is 0.706. The number of aliphatic hydroxyl groups is 1. The third-order valence-corrected chi connectivity index (χ3v) is 4.79. The number of rotatable bonds is 6. The minimum atomic E-state index is -0.202. The molecule has 0 amide bonds. The summed E-state index contributed by atoms with van der Waals surface area (Å²) in [6.45, 7) is 4.17. The molecule has 0 heterocycles. The van der Waals surface area contributed by atoms with Crippen molar-refractivity contribution in [2.75, 3.05) is 0 Å². The van der Waals surface area contributed by atoms with Crippen molar-refractivity contribution in [2.24, 2.45) is 17.3 Å². The molecule has 106 valence electrons. The lowest BCUT2D eigenvalue weighted by molar-refractivity contribution is -0.118. The van der Waals surface area contributed by atoms with Crippen molar-refractivity contribution in [1.29, 1.82) is 0 Å². The van der Waals surface area contributed by atoms with Crippen LogP contribution in [0.15, 0.2) is 24.3 Å². The first-order valence-corrected chi connectivity index (χ1v) is 7.66. The molecule has 0 spiro atoms. The molecule has 0 aromatic heterocycles. The summed E-state index contributed by atoms with van der Waals surface area (Å²) in [4.78, 5) is 12.1. The Morgan fingerprint density at radius 3 is 3.11 bits per heavy atom. The van der Waals surface area contributed by atoms with Crippen LogP contribution in [-0.2, 0) is 4.79 Å². The summed E-state index contributed by atoms with van der Waals surface area (Å²) in [5.41, 5.74) is -0.0421. The average Bonchev–Trinajstić information content (AvgIpc) is 2.88. The van der Waals surface area contributed by atoms with Crippen LogP contribution < -0.4 is 0 Å². The fourth-order valence-electron chi connectivity index (χ4n) is 3.49. The molecule has 0 aliphatic heterocycles. The molecule has 2 aliphatic rings. The average molecular weight is 262 g/mol. The summed E-state index contributed by atoms with van der Waals surface area (Å²) in [5.74, 6) is 0.864. The van der Waals surface area contributed by atoms with Gasteiger partial charge in [0, 0.05) is 11.3 Å². The fourth-order valence-corrected chi connectivity index (χ4v) is 3.49. The summed E-state index contributed by atoms with van der Waals surface area (Å²) < 4.78 is 0. The number of carbonyl (C=O) groups excluding carboxylic acids is 1. The Morgan fingerprint density at radius 1 is 1.58 bits per heavy atom. The Balaban J connectivity index is 1.98. The van der Waals surface area contributed by atoms with Gasteiger partial charge in [0.25, 0.3) is 0 Å². The van der Waals surface area contributed by atoms with E-state index < -0.39 is 0 Å². The maximum absolute atomic E-state index is 12.1. The van der Waals surface area contributed by atoms with E-state index in [0.29, 0.717) is 5.92 Å². The summed E-state index contributed by atoms with van der Waals surface area (Å²) in [7, 11) is 0. The van der Waals surface area contributed by atoms with Gasteiger partial charge in [0.15, 0.2) is 5.78 Å². The summed E-state index contributed by atoms with van der Waals surface area (Å²) in [6, 6.07) is 0. The quantitative estimate of drug-likeness (QED) is 0.586. The highest BCUT2D eigenvalue weighted by Crippen LogP contribution is 2.51. The second-order valence-corrected chi connectivity index (χ2v) is 6.32. The zero-order valence-corrected chi connectivity index (χ0v) is 12.1. The molecular weight excluding hydrogens is 236 g/mol. The van der Waals surface area contributed by atoms with Gasteiger partial charge >= 0.3 is 0 Å². The monoisotopic (exact) mass is 262 g/mol. The van der Waals surface area contributed by atoms with Crippen LogP contribution in [0.1, 0.15) is 52.4 Å². The van der Waals surface area contributed by atoms with E-state index in [1.165, 1.54) is 0 Å². The summed E-state index contributed by atoms with van der Waals surface area (Å²) in [6.07, 6.45) is 14.0. The topological polar surface area (TPSA) is 37.3 Å². The molecule has 0 radical (unpaired) electrons. The van der Waals surface area contributed by atoms with E-state index in [4.69, 9.17) is 0 Å². The zero-order chi connectivity index (χ0) is 13.9. The third-order valence-electron chi connectivity index (χ3n) is 4.79. The standard InChI is InChI=1S/C17H26O2/c1-3-4-6-13(2)16(19)8-10-17-9-5-7-14(17)11-15(18)12-17/h5,8-10,13-15,18H,3-4,6-7,11-12H2,1-2H3/b10-8+/t13-,14?,15?,17?/m1/s1. The minimum Gasteiger partial charge on any atom is -0.393 e. The van der Waals surface area contributed by atoms with Crippen LogP contribution in [0.3, 0.4) is 0 Å². The lowest BCUT2D eigenvalue weighted by Gasteiger charge is -2.23. The van der Waals surface area contributed by atoms with Gasteiger partial charge in [-0.3, -0.25) is 4.79 Å². The molecule has 0 aromatic carbocycles. The molecule has 2 heteroatoms. The maximum atomic E-state index is 12.1. The molecule has 4 atom stereocenters. The molecule has 3 unspecified atom stereocenters. The second-order valence-electron chi connectivity index (χ2n) is 6.32. The van der Waals surface area contributed by atoms with E-state index in [9.17, 15) is 9.90 Å². The molecule has 2 aliphatic carbocycles. The highest BCUT2D eigenvalue weighted by Gasteiger charge is 2.45. The van der Waals surface area contributed by atoms with Gasteiger partial charge in [-0.15, -0.1) is 0 Å². The van der Waals surface area contributed by atoms with Gasteiger partial charge in [-0.1, -0.05) is 44.9 Å². The Kier molecular flexibility index (Phi) is 4.62. The first-order valence-electron chi connectivity index (χ1n) is 7.66. The maximum Gasteiger partial charge on any atom is 0.158 e. The number of carbonyl (C=O) groups is 1. The molecule has 0 aromatic rings. The van der Waals surface area contributed by atoms with Crippen molar-refractivity contribution < 1.29 is 9.90 Å². The zero-order valence-electron chi connectivity index (χ0n) is 12.1.